The summed E-state index contributed by atoms with van der Waals surface area (Å²) in [6.07, 6.45) is 3.06. The van der Waals surface area contributed by atoms with Crippen molar-refractivity contribution in [2.24, 2.45) is 13.0 Å². The maximum absolute atomic E-state index is 13.2. The number of hydrogen-bond donors (Lipinski definition) is 1. The Morgan fingerprint density at radius 2 is 1.97 bits per heavy atom. The van der Waals surface area contributed by atoms with Crippen LogP contribution in [0.4, 0.5) is 0 Å². The third-order valence-corrected chi connectivity index (χ3v) is 5.98. The number of rotatable bonds is 6. The zero-order chi connectivity index (χ0) is 22.7. The average Bonchev–Trinajstić information content (AvgIpc) is 2.84. The molecule has 3 aromatic rings. The van der Waals surface area contributed by atoms with Crippen LogP contribution in [0.1, 0.15) is 28.8 Å². The molecule has 4 rings (SSSR count). The third-order valence-electron chi connectivity index (χ3n) is 5.98. The molecule has 1 atom stereocenters. The van der Waals surface area contributed by atoms with Gasteiger partial charge in [0.15, 0.2) is 0 Å². The highest BCUT2D eigenvalue weighted by Crippen LogP contribution is 2.23. The number of carbonyl (C=O) groups excluding carboxylic acids is 1. The second kappa shape index (κ2) is 9.21. The fraction of sp³-hybridized carbons (Fsp3) is 0.333. The Labute approximate surface area is 185 Å². The lowest BCUT2D eigenvalue weighted by Gasteiger charge is -2.26. The number of amides is 1. The Morgan fingerprint density at radius 1 is 1.19 bits per heavy atom. The molecule has 0 fully saturated rings. The molecule has 1 aliphatic rings. The van der Waals surface area contributed by atoms with Crippen LogP contribution in [0, 0.1) is 5.92 Å². The minimum atomic E-state index is -0.327. The molecule has 0 radical (unpaired) electrons. The summed E-state index contributed by atoms with van der Waals surface area (Å²) in [7, 11) is 3.24. The number of aromatic nitrogens is 3. The number of ether oxygens (including phenoxy) is 1. The first kappa shape index (κ1) is 21.5. The van der Waals surface area contributed by atoms with Crippen LogP contribution in [0.15, 0.2) is 58.3 Å². The van der Waals surface area contributed by atoms with Crippen molar-refractivity contribution in [3.8, 4) is 5.88 Å². The van der Waals surface area contributed by atoms with E-state index in [-0.39, 0.29) is 29.6 Å². The third kappa shape index (κ3) is 4.34. The average molecular weight is 434 g/mol. The predicted molar refractivity (Wildman–Crippen MR) is 120 cm³/mol. The van der Waals surface area contributed by atoms with E-state index in [1.165, 1.54) is 4.57 Å². The molecule has 8 heteroatoms. The summed E-state index contributed by atoms with van der Waals surface area (Å²) >= 11 is 0. The van der Waals surface area contributed by atoms with Crippen LogP contribution in [0.25, 0.3) is 0 Å². The molecule has 0 saturated carbocycles. The lowest BCUT2D eigenvalue weighted by atomic mass is 9.86. The summed E-state index contributed by atoms with van der Waals surface area (Å²) in [5, 5.41) is 2.95. The molecule has 1 amide bonds. The first-order valence-corrected chi connectivity index (χ1v) is 10.6. The minimum absolute atomic E-state index is 0.103. The first-order valence-electron chi connectivity index (χ1n) is 10.6. The van der Waals surface area contributed by atoms with E-state index in [2.05, 4.69) is 10.3 Å². The number of methoxy groups -OCH3 is 1. The quantitative estimate of drug-likeness (QED) is 0.633. The van der Waals surface area contributed by atoms with Gasteiger partial charge in [0.05, 0.1) is 13.7 Å². The number of pyridine rings is 1. The van der Waals surface area contributed by atoms with E-state index < -0.39 is 0 Å². The highest BCUT2D eigenvalue weighted by Gasteiger charge is 2.29. The van der Waals surface area contributed by atoms with Gasteiger partial charge >= 0.3 is 5.69 Å². The van der Waals surface area contributed by atoms with Crippen LogP contribution in [0.3, 0.4) is 0 Å². The number of carbonyl (C=O) groups is 1. The molecule has 2 aromatic heterocycles. The van der Waals surface area contributed by atoms with Crippen LogP contribution < -0.4 is 21.3 Å². The van der Waals surface area contributed by atoms with Gasteiger partial charge in [0, 0.05) is 43.0 Å². The van der Waals surface area contributed by atoms with E-state index in [1.807, 2.05) is 36.4 Å². The van der Waals surface area contributed by atoms with Crippen LogP contribution in [0.2, 0.25) is 0 Å². The number of nitrogens with zero attached hydrogens (tertiary/aromatic N) is 3. The van der Waals surface area contributed by atoms with Gasteiger partial charge in [-0.3, -0.25) is 14.2 Å². The summed E-state index contributed by atoms with van der Waals surface area (Å²) < 4.78 is 7.93. The lowest BCUT2D eigenvalue weighted by molar-refractivity contribution is -0.125. The molecule has 0 aliphatic heterocycles. The molecule has 0 saturated heterocycles. The fourth-order valence-electron chi connectivity index (χ4n) is 4.19. The van der Waals surface area contributed by atoms with E-state index in [0.717, 1.165) is 16.8 Å². The number of nitrogens with one attached hydrogen (secondary N) is 1. The zero-order valence-electron chi connectivity index (χ0n) is 18.2. The Hall–Kier alpha value is -3.68. The maximum Gasteiger partial charge on any atom is 0.331 e. The van der Waals surface area contributed by atoms with Crippen molar-refractivity contribution in [1.29, 1.82) is 0 Å². The van der Waals surface area contributed by atoms with E-state index in [1.54, 1.807) is 31.0 Å². The van der Waals surface area contributed by atoms with E-state index in [4.69, 9.17) is 4.74 Å². The molecule has 1 aliphatic carbocycles. The molecule has 166 valence electrons. The van der Waals surface area contributed by atoms with Gasteiger partial charge in [0.1, 0.15) is 0 Å². The van der Waals surface area contributed by atoms with Crippen molar-refractivity contribution < 1.29 is 9.53 Å². The van der Waals surface area contributed by atoms with Gasteiger partial charge in [-0.1, -0.05) is 30.3 Å². The second-order valence-electron chi connectivity index (χ2n) is 8.01. The van der Waals surface area contributed by atoms with Gasteiger partial charge in [-0.25, -0.2) is 9.78 Å². The SMILES string of the molecule is COc1cc(CNC(=O)C2CCc3c(c(=O)n(Cc4ccccc4)c(=O)n3C)C2)ccn1. The van der Waals surface area contributed by atoms with Gasteiger partial charge in [0.2, 0.25) is 11.8 Å². The normalized spacial score (nSPS) is 15.1. The molecule has 1 N–H and O–H groups in total. The smallest absolute Gasteiger partial charge is 0.331 e. The van der Waals surface area contributed by atoms with E-state index >= 15 is 0 Å². The van der Waals surface area contributed by atoms with E-state index in [9.17, 15) is 14.4 Å². The highest BCUT2D eigenvalue weighted by atomic mass is 16.5. The van der Waals surface area contributed by atoms with Gasteiger partial charge in [0.25, 0.3) is 5.56 Å². The van der Waals surface area contributed by atoms with Crippen molar-refractivity contribution in [2.45, 2.75) is 32.4 Å². The summed E-state index contributed by atoms with van der Waals surface area (Å²) in [6, 6.07) is 13.0. The standard InChI is InChI=1S/C24H26N4O4/c1-27-20-9-8-18(22(29)26-14-17-10-11-25-21(12-17)32-2)13-19(20)23(30)28(24(27)31)15-16-6-4-3-5-7-16/h3-7,10-12,18H,8-9,13-15H2,1-2H3,(H,26,29). The fourth-order valence-corrected chi connectivity index (χ4v) is 4.19. The van der Waals surface area contributed by atoms with Crippen molar-refractivity contribution in [3.05, 3.63) is 91.9 Å². The van der Waals surface area contributed by atoms with Crippen LogP contribution >= 0.6 is 0 Å². The lowest BCUT2D eigenvalue weighted by Crippen LogP contribution is -2.46. The Kier molecular flexibility index (Phi) is 6.20. The number of hydrogen-bond acceptors (Lipinski definition) is 5. The van der Waals surface area contributed by atoms with Gasteiger partial charge in [-0.2, -0.15) is 0 Å². The molecule has 1 unspecified atom stereocenters. The van der Waals surface area contributed by atoms with Crippen LogP contribution in [-0.2, 0) is 37.8 Å². The molecular formula is C24H26N4O4. The molecule has 32 heavy (non-hydrogen) atoms. The zero-order valence-corrected chi connectivity index (χ0v) is 18.2. The molecule has 0 spiro atoms. The first-order chi connectivity index (χ1) is 15.5. The highest BCUT2D eigenvalue weighted by molar-refractivity contribution is 5.79. The summed E-state index contributed by atoms with van der Waals surface area (Å²) in [5.74, 6) is 0.0686. The van der Waals surface area contributed by atoms with E-state index in [0.29, 0.717) is 37.3 Å². The molecular weight excluding hydrogens is 408 g/mol. The van der Waals surface area contributed by atoms with Crippen molar-refractivity contribution in [2.75, 3.05) is 7.11 Å². The largest absolute Gasteiger partial charge is 0.481 e. The van der Waals surface area contributed by atoms with Gasteiger partial charge < -0.3 is 14.6 Å². The Morgan fingerprint density at radius 3 is 2.72 bits per heavy atom. The molecule has 2 heterocycles. The van der Waals surface area contributed by atoms with Crippen molar-refractivity contribution in [1.82, 2.24) is 19.4 Å². The minimum Gasteiger partial charge on any atom is -0.481 e. The Bertz CT molecular complexity index is 1250. The Balaban J connectivity index is 1.54. The second-order valence-corrected chi connectivity index (χ2v) is 8.01. The topological polar surface area (TPSA) is 95.2 Å². The molecule has 1 aromatic carbocycles. The molecule has 8 nitrogen and oxygen atoms in total. The van der Waals surface area contributed by atoms with Crippen molar-refractivity contribution in [3.63, 3.8) is 0 Å². The van der Waals surface area contributed by atoms with Crippen LogP contribution in [-0.4, -0.2) is 27.1 Å². The monoisotopic (exact) mass is 434 g/mol. The predicted octanol–water partition coefficient (Wildman–Crippen LogP) is 1.42. The maximum atomic E-state index is 13.2. The summed E-state index contributed by atoms with van der Waals surface area (Å²) in [4.78, 5) is 42.9. The van der Waals surface area contributed by atoms with Crippen LogP contribution in [0.5, 0.6) is 5.88 Å². The summed E-state index contributed by atoms with van der Waals surface area (Å²) in [5.41, 5.74) is 2.42. The van der Waals surface area contributed by atoms with Gasteiger partial charge in [-0.05, 0) is 36.5 Å². The van der Waals surface area contributed by atoms with Gasteiger partial charge in [-0.15, -0.1) is 0 Å². The summed E-state index contributed by atoms with van der Waals surface area (Å²) in [6.45, 7) is 0.562. The number of benzene rings is 1. The van der Waals surface area contributed by atoms with Crippen molar-refractivity contribution >= 4 is 5.91 Å². The number of fused-ring (bicyclic) bond motifs is 1. The molecule has 0 bridgehead atoms.